The van der Waals surface area contributed by atoms with Gasteiger partial charge in [0.1, 0.15) is 11.9 Å². The second kappa shape index (κ2) is 9.04. The summed E-state index contributed by atoms with van der Waals surface area (Å²) in [5.74, 6) is 0. The zero-order chi connectivity index (χ0) is 23.5. The Labute approximate surface area is 184 Å². The predicted octanol–water partition coefficient (Wildman–Crippen LogP) is 3.36. The largest absolute Gasteiger partial charge is 0.444 e. The van der Waals surface area contributed by atoms with Gasteiger partial charge in [0.15, 0.2) is 0 Å². The van der Waals surface area contributed by atoms with Crippen LogP contribution in [-0.4, -0.2) is 42.9 Å². The molecule has 3 rings (SSSR count). The highest BCUT2D eigenvalue weighted by Crippen LogP contribution is 2.14. The first kappa shape index (κ1) is 22.7. The third-order valence-corrected chi connectivity index (χ3v) is 4.55. The monoisotopic (exact) mass is 439 g/mol. The van der Waals surface area contributed by atoms with E-state index in [9.17, 15) is 19.7 Å². The van der Waals surface area contributed by atoms with Gasteiger partial charge in [0.2, 0.25) is 0 Å². The lowest BCUT2D eigenvalue weighted by Gasteiger charge is -2.24. The molecule has 0 aliphatic rings. The molecular weight excluding hydrogens is 414 g/mol. The summed E-state index contributed by atoms with van der Waals surface area (Å²) in [4.78, 5) is 36.6. The molecule has 0 unspecified atom stereocenters. The first-order valence-electron chi connectivity index (χ1n) is 9.95. The number of carbonyl (C=O) groups excluding carboxylic acids is 1. The van der Waals surface area contributed by atoms with Crippen LogP contribution in [0.15, 0.2) is 59.7 Å². The molecule has 0 saturated heterocycles. The van der Waals surface area contributed by atoms with E-state index in [1.165, 1.54) is 32.6 Å². The van der Waals surface area contributed by atoms with Crippen LogP contribution in [0.2, 0.25) is 0 Å². The van der Waals surface area contributed by atoms with E-state index < -0.39 is 16.6 Å². The quantitative estimate of drug-likeness (QED) is 0.430. The molecule has 1 aromatic heterocycles. The first-order valence-corrected chi connectivity index (χ1v) is 9.95. The Hall–Kier alpha value is -3.95. The number of ether oxygens (including phenoxy) is 1. The third kappa shape index (κ3) is 5.60. The molecule has 10 nitrogen and oxygen atoms in total. The van der Waals surface area contributed by atoms with Crippen molar-refractivity contribution in [3.8, 4) is 5.69 Å². The van der Waals surface area contributed by atoms with Crippen LogP contribution in [0.4, 0.5) is 10.5 Å². The number of non-ortho nitro benzene ring substituents is 1. The Balaban J connectivity index is 1.69. The van der Waals surface area contributed by atoms with Gasteiger partial charge in [-0.3, -0.25) is 10.1 Å². The first-order chi connectivity index (χ1) is 15.0. The van der Waals surface area contributed by atoms with Crippen LogP contribution in [0.5, 0.6) is 0 Å². The van der Waals surface area contributed by atoms with Crippen molar-refractivity contribution in [2.45, 2.75) is 39.5 Å². The minimum absolute atomic E-state index is 0.0102. The Morgan fingerprint density at radius 2 is 1.69 bits per heavy atom. The maximum Gasteiger partial charge on any atom is 0.410 e. The summed E-state index contributed by atoms with van der Waals surface area (Å²) in [5.41, 5.74) is 1.34. The fourth-order valence-corrected chi connectivity index (χ4v) is 2.96. The summed E-state index contributed by atoms with van der Waals surface area (Å²) in [7, 11) is 1.66. The van der Waals surface area contributed by atoms with Crippen LogP contribution in [0.3, 0.4) is 0 Å². The highest BCUT2D eigenvalue weighted by atomic mass is 16.6. The minimum Gasteiger partial charge on any atom is -0.444 e. The lowest BCUT2D eigenvalue weighted by Crippen LogP contribution is -2.33. The number of nitro benzene ring substituents is 1. The normalized spacial score (nSPS) is 11.2. The van der Waals surface area contributed by atoms with Crippen LogP contribution in [-0.2, 0) is 17.8 Å². The number of carbonyl (C=O) groups is 1. The molecule has 0 saturated carbocycles. The van der Waals surface area contributed by atoms with E-state index in [1.54, 1.807) is 31.3 Å². The maximum absolute atomic E-state index is 12.7. The SMILES string of the molecule is CN(Cc1ccc(-n2cnn(Cc3ccc([N+](=O)[O-])cc3)c2=O)cc1)C(=O)OC(C)(C)C. The van der Waals surface area contributed by atoms with E-state index in [-0.39, 0.29) is 17.9 Å². The highest BCUT2D eigenvalue weighted by Gasteiger charge is 2.19. The molecule has 0 radical (unpaired) electrons. The van der Waals surface area contributed by atoms with Gasteiger partial charge >= 0.3 is 11.8 Å². The van der Waals surface area contributed by atoms with E-state index >= 15 is 0 Å². The lowest BCUT2D eigenvalue weighted by atomic mass is 10.2. The third-order valence-electron chi connectivity index (χ3n) is 4.55. The van der Waals surface area contributed by atoms with Gasteiger partial charge < -0.3 is 9.64 Å². The van der Waals surface area contributed by atoms with Crippen molar-refractivity contribution in [3.63, 3.8) is 0 Å². The molecule has 0 N–H and O–H groups in total. The van der Waals surface area contributed by atoms with E-state index in [0.29, 0.717) is 12.2 Å². The number of hydrogen-bond acceptors (Lipinski definition) is 6. The van der Waals surface area contributed by atoms with Crippen molar-refractivity contribution in [3.05, 3.63) is 86.6 Å². The van der Waals surface area contributed by atoms with Gasteiger partial charge in [0, 0.05) is 25.7 Å². The number of amides is 1. The van der Waals surface area contributed by atoms with E-state index in [1.807, 2.05) is 32.9 Å². The van der Waals surface area contributed by atoms with Crippen molar-refractivity contribution in [1.29, 1.82) is 0 Å². The maximum atomic E-state index is 12.7. The van der Waals surface area contributed by atoms with Gasteiger partial charge in [-0.15, -0.1) is 0 Å². The van der Waals surface area contributed by atoms with Gasteiger partial charge in [-0.1, -0.05) is 24.3 Å². The number of rotatable bonds is 6. The van der Waals surface area contributed by atoms with E-state index in [4.69, 9.17) is 4.74 Å². The number of nitro groups is 1. The molecule has 10 heteroatoms. The Kier molecular flexibility index (Phi) is 6.42. The fourth-order valence-electron chi connectivity index (χ4n) is 2.96. The molecule has 32 heavy (non-hydrogen) atoms. The number of aromatic nitrogens is 3. The van der Waals surface area contributed by atoms with Crippen LogP contribution in [0.25, 0.3) is 5.69 Å². The van der Waals surface area contributed by atoms with Crippen LogP contribution >= 0.6 is 0 Å². The lowest BCUT2D eigenvalue weighted by molar-refractivity contribution is -0.384. The second-order valence-corrected chi connectivity index (χ2v) is 8.37. The summed E-state index contributed by atoms with van der Waals surface area (Å²) in [6.45, 7) is 6.00. The smallest absolute Gasteiger partial charge is 0.410 e. The Morgan fingerprint density at radius 3 is 2.25 bits per heavy atom. The summed E-state index contributed by atoms with van der Waals surface area (Å²) in [6, 6.07) is 13.2. The molecular formula is C22H25N5O5. The average Bonchev–Trinajstić information content (AvgIpc) is 3.08. The summed E-state index contributed by atoms with van der Waals surface area (Å²) < 4.78 is 8.04. The molecule has 3 aromatic rings. The van der Waals surface area contributed by atoms with Crippen LogP contribution in [0, 0.1) is 10.1 Å². The van der Waals surface area contributed by atoms with Crippen molar-refractivity contribution in [2.24, 2.45) is 0 Å². The van der Waals surface area contributed by atoms with Crippen LogP contribution in [0.1, 0.15) is 31.9 Å². The molecule has 1 heterocycles. The van der Waals surface area contributed by atoms with Crippen molar-refractivity contribution < 1.29 is 14.5 Å². The zero-order valence-electron chi connectivity index (χ0n) is 18.4. The second-order valence-electron chi connectivity index (χ2n) is 8.37. The van der Waals surface area contributed by atoms with Gasteiger partial charge in [-0.25, -0.2) is 18.8 Å². The Bertz CT molecular complexity index is 1160. The number of nitrogens with zero attached hydrogens (tertiary/aromatic N) is 5. The highest BCUT2D eigenvalue weighted by molar-refractivity contribution is 5.67. The van der Waals surface area contributed by atoms with E-state index in [2.05, 4.69) is 5.10 Å². The van der Waals surface area contributed by atoms with Crippen molar-refractivity contribution in [2.75, 3.05) is 7.05 Å². The molecule has 0 atom stereocenters. The average molecular weight is 439 g/mol. The number of hydrogen-bond donors (Lipinski definition) is 0. The van der Waals surface area contributed by atoms with Gasteiger partial charge in [-0.05, 0) is 44.0 Å². The molecule has 2 aromatic carbocycles. The van der Waals surface area contributed by atoms with E-state index in [0.717, 1.165) is 11.1 Å². The molecule has 0 bridgehead atoms. The summed E-state index contributed by atoms with van der Waals surface area (Å²) in [6.07, 6.45) is 1.01. The number of benzene rings is 2. The Morgan fingerprint density at radius 1 is 1.09 bits per heavy atom. The molecule has 168 valence electrons. The molecule has 0 fully saturated rings. The molecule has 0 spiro atoms. The van der Waals surface area contributed by atoms with Crippen LogP contribution < -0.4 is 5.69 Å². The van der Waals surface area contributed by atoms with Gasteiger partial charge in [-0.2, -0.15) is 5.10 Å². The summed E-state index contributed by atoms with van der Waals surface area (Å²) >= 11 is 0. The molecule has 0 aliphatic heterocycles. The fraction of sp³-hybridized carbons (Fsp3) is 0.318. The van der Waals surface area contributed by atoms with Crippen molar-refractivity contribution in [1.82, 2.24) is 19.2 Å². The standard InChI is InChI=1S/C22H25N5O5/c1-22(2,3)32-21(29)24(4)13-16-5-9-18(10-6-16)25-15-23-26(20(25)28)14-17-7-11-19(12-8-17)27(30)31/h5-12,15H,13-14H2,1-4H3. The molecule has 1 amide bonds. The molecule has 0 aliphatic carbocycles. The topological polar surface area (TPSA) is 112 Å². The predicted molar refractivity (Wildman–Crippen MR) is 118 cm³/mol. The van der Waals surface area contributed by atoms with Gasteiger partial charge in [0.25, 0.3) is 5.69 Å². The zero-order valence-corrected chi connectivity index (χ0v) is 18.4. The van der Waals surface area contributed by atoms with Gasteiger partial charge in [0.05, 0.1) is 17.2 Å². The minimum atomic E-state index is -0.564. The summed E-state index contributed by atoms with van der Waals surface area (Å²) in [5, 5.41) is 14.9. The van der Waals surface area contributed by atoms with Crippen molar-refractivity contribution >= 4 is 11.8 Å².